The van der Waals surface area contributed by atoms with Crippen LogP contribution in [0.2, 0.25) is 0 Å². The summed E-state index contributed by atoms with van der Waals surface area (Å²) in [5, 5.41) is 9.70. The van der Waals surface area contributed by atoms with Crippen LogP contribution < -0.4 is 0 Å². The molecule has 0 radical (unpaired) electrons. The highest BCUT2D eigenvalue weighted by Gasteiger charge is 2.34. The second-order valence-electron chi connectivity index (χ2n) is 6.88. The zero-order valence-corrected chi connectivity index (χ0v) is 16.4. The maximum absolute atomic E-state index is 13.2. The molecule has 1 unspecified atom stereocenters. The number of carbonyl (C=O) groups is 2. The molecule has 144 valence electrons. The Bertz CT molecular complexity index is 1050. The lowest BCUT2D eigenvalue weighted by Crippen LogP contribution is -2.49. The number of carboxylic acid groups (broad SMARTS) is 1. The molecule has 4 rings (SSSR count). The maximum atomic E-state index is 13.2. The molecular formula is C21H21N3O3S. The van der Waals surface area contributed by atoms with Crippen molar-refractivity contribution in [1.82, 2.24) is 14.5 Å². The van der Waals surface area contributed by atoms with Gasteiger partial charge in [-0.3, -0.25) is 4.79 Å². The van der Waals surface area contributed by atoms with Gasteiger partial charge in [-0.15, -0.1) is 0 Å². The second kappa shape index (κ2) is 7.67. The molecule has 1 amide bonds. The van der Waals surface area contributed by atoms with Crippen molar-refractivity contribution in [3.05, 3.63) is 65.5 Å². The van der Waals surface area contributed by atoms with Gasteiger partial charge in [0.25, 0.3) is 0 Å². The molecule has 0 fully saturated rings. The Labute approximate surface area is 167 Å². The van der Waals surface area contributed by atoms with Gasteiger partial charge in [-0.25, -0.2) is 9.78 Å². The quantitative estimate of drug-likeness (QED) is 0.719. The second-order valence-corrected chi connectivity index (χ2v) is 7.75. The zero-order chi connectivity index (χ0) is 19.7. The fraction of sp³-hybridized carbons (Fsp3) is 0.286. The average Bonchev–Trinajstić information content (AvgIpc) is 3.04. The van der Waals surface area contributed by atoms with Gasteiger partial charge in [-0.1, -0.05) is 36.4 Å². The fourth-order valence-electron chi connectivity index (χ4n) is 3.77. The van der Waals surface area contributed by atoms with Gasteiger partial charge in [-0.2, -0.15) is 11.8 Å². The fourth-order valence-corrected chi connectivity index (χ4v) is 4.25. The van der Waals surface area contributed by atoms with Gasteiger partial charge in [0.15, 0.2) is 0 Å². The first-order valence-electron chi connectivity index (χ1n) is 9.10. The van der Waals surface area contributed by atoms with Crippen molar-refractivity contribution in [2.24, 2.45) is 0 Å². The molecule has 7 heteroatoms. The third kappa shape index (κ3) is 3.38. The Hall–Kier alpha value is -2.80. The number of amides is 1. The van der Waals surface area contributed by atoms with Gasteiger partial charge >= 0.3 is 5.97 Å². The van der Waals surface area contributed by atoms with Crippen LogP contribution in [-0.2, 0) is 34.9 Å². The van der Waals surface area contributed by atoms with Crippen molar-refractivity contribution in [1.29, 1.82) is 0 Å². The predicted molar refractivity (Wildman–Crippen MR) is 109 cm³/mol. The molecule has 0 saturated heterocycles. The van der Waals surface area contributed by atoms with Crippen molar-refractivity contribution in [2.75, 3.05) is 6.26 Å². The zero-order valence-electron chi connectivity index (χ0n) is 15.5. The Kier molecular flexibility index (Phi) is 5.09. The Morgan fingerprint density at radius 3 is 2.61 bits per heavy atom. The number of para-hydroxylation sites is 2. The number of thioether (sulfide) groups is 1. The number of fused-ring (bicyclic) bond motifs is 2. The number of nitrogens with zero attached hydrogens (tertiary/aromatic N) is 3. The first kappa shape index (κ1) is 18.6. The van der Waals surface area contributed by atoms with Gasteiger partial charge in [-0.05, 0) is 29.5 Å². The number of rotatable bonds is 5. The molecule has 1 aromatic heterocycles. The van der Waals surface area contributed by atoms with Crippen LogP contribution in [0.15, 0.2) is 48.5 Å². The number of aromatic nitrogens is 2. The summed E-state index contributed by atoms with van der Waals surface area (Å²) in [6, 6.07) is 14.6. The van der Waals surface area contributed by atoms with Crippen LogP contribution in [-0.4, -0.2) is 43.7 Å². The topological polar surface area (TPSA) is 75.4 Å². The molecular weight excluding hydrogens is 374 g/mol. The minimum Gasteiger partial charge on any atom is -0.480 e. The van der Waals surface area contributed by atoms with Crippen LogP contribution in [0, 0.1) is 0 Å². The van der Waals surface area contributed by atoms with Crippen LogP contribution >= 0.6 is 11.8 Å². The number of hydrogen-bond donors (Lipinski definition) is 1. The Morgan fingerprint density at radius 1 is 1.14 bits per heavy atom. The van der Waals surface area contributed by atoms with Crippen LogP contribution in [0.25, 0.3) is 11.0 Å². The first-order valence-corrected chi connectivity index (χ1v) is 10.5. The van der Waals surface area contributed by atoms with Crippen LogP contribution in [0.5, 0.6) is 0 Å². The summed E-state index contributed by atoms with van der Waals surface area (Å²) in [5.74, 6) is 0.342. The molecule has 2 aromatic carbocycles. The minimum atomic E-state index is -0.970. The van der Waals surface area contributed by atoms with E-state index in [0.29, 0.717) is 18.7 Å². The summed E-state index contributed by atoms with van der Waals surface area (Å²) < 4.78 is 1.91. The van der Waals surface area contributed by atoms with E-state index in [2.05, 4.69) is 4.98 Å². The van der Waals surface area contributed by atoms with Crippen LogP contribution in [0.1, 0.15) is 17.0 Å². The van der Waals surface area contributed by atoms with E-state index >= 15 is 0 Å². The van der Waals surface area contributed by atoms with E-state index in [9.17, 15) is 14.7 Å². The van der Waals surface area contributed by atoms with Crippen LogP contribution in [0.4, 0.5) is 0 Å². The van der Waals surface area contributed by atoms with Crippen molar-refractivity contribution in [3.63, 3.8) is 0 Å². The number of imidazole rings is 1. The summed E-state index contributed by atoms with van der Waals surface area (Å²) in [6.07, 6.45) is 2.33. The van der Waals surface area contributed by atoms with Gasteiger partial charge < -0.3 is 14.6 Å². The Morgan fingerprint density at radius 2 is 1.86 bits per heavy atom. The lowest BCUT2D eigenvalue weighted by Gasteiger charge is -2.34. The highest BCUT2D eigenvalue weighted by molar-refractivity contribution is 7.97. The predicted octanol–water partition coefficient (Wildman–Crippen LogP) is 2.94. The lowest BCUT2D eigenvalue weighted by atomic mass is 9.94. The summed E-state index contributed by atoms with van der Waals surface area (Å²) >= 11 is 1.64. The molecule has 0 aliphatic carbocycles. The third-order valence-corrected chi connectivity index (χ3v) is 5.70. The largest absolute Gasteiger partial charge is 0.480 e. The van der Waals surface area contributed by atoms with Crippen molar-refractivity contribution in [3.8, 4) is 0 Å². The SMILES string of the molecule is CSCc1nc2ccccc2n1CC(=O)N1Cc2ccccc2CC1C(=O)O. The monoisotopic (exact) mass is 395 g/mol. The molecule has 1 atom stereocenters. The molecule has 28 heavy (non-hydrogen) atoms. The smallest absolute Gasteiger partial charge is 0.326 e. The number of carboxylic acids is 1. The van der Waals surface area contributed by atoms with Gasteiger partial charge in [0.2, 0.25) is 5.91 Å². The number of benzene rings is 2. The standard InChI is InChI=1S/C21H21N3O3S/c1-28-13-19-22-16-8-4-5-9-17(16)23(19)12-20(25)24-11-15-7-3-2-6-14(15)10-18(24)21(26)27/h2-9,18H,10-13H2,1H3,(H,26,27). The van der Waals surface area contributed by atoms with Gasteiger partial charge in [0.1, 0.15) is 18.4 Å². The molecule has 0 saturated carbocycles. The molecule has 2 heterocycles. The van der Waals surface area contributed by atoms with E-state index in [1.54, 1.807) is 11.8 Å². The number of carbonyl (C=O) groups excluding carboxylic acids is 1. The Balaban J connectivity index is 1.67. The summed E-state index contributed by atoms with van der Waals surface area (Å²) in [4.78, 5) is 31.2. The molecule has 6 nitrogen and oxygen atoms in total. The average molecular weight is 395 g/mol. The minimum absolute atomic E-state index is 0.0857. The molecule has 0 bridgehead atoms. The van der Waals surface area contributed by atoms with E-state index in [0.717, 1.165) is 28.0 Å². The normalized spacial score (nSPS) is 16.2. The van der Waals surface area contributed by atoms with E-state index in [1.165, 1.54) is 4.90 Å². The number of aliphatic carboxylic acids is 1. The molecule has 0 spiro atoms. The highest BCUT2D eigenvalue weighted by Crippen LogP contribution is 2.25. The van der Waals surface area contributed by atoms with Crippen molar-refractivity contribution in [2.45, 2.75) is 31.3 Å². The highest BCUT2D eigenvalue weighted by atomic mass is 32.2. The number of hydrogen-bond acceptors (Lipinski definition) is 4. The van der Waals surface area contributed by atoms with Gasteiger partial charge in [0.05, 0.1) is 16.8 Å². The summed E-state index contributed by atoms with van der Waals surface area (Å²) in [6.45, 7) is 0.402. The third-order valence-electron chi connectivity index (χ3n) is 5.15. The van der Waals surface area contributed by atoms with E-state index in [-0.39, 0.29) is 12.5 Å². The molecule has 1 aliphatic heterocycles. The summed E-state index contributed by atoms with van der Waals surface area (Å²) in [7, 11) is 0. The van der Waals surface area contributed by atoms with E-state index in [4.69, 9.17) is 0 Å². The van der Waals surface area contributed by atoms with Gasteiger partial charge in [0, 0.05) is 13.0 Å². The lowest BCUT2D eigenvalue weighted by molar-refractivity contribution is -0.151. The van der Waals surface area contributed by atoms with E-state index in [1.807, 2.05) is 59.4 Å². The maximum Gasteiger partial charge on any atom is 0.326 e. The van der Waals surface area contributed by atoms with E-state index < -0.39 is 12.0 Å². The van der Waals surface area contributed by atoms with Crippen molar-refractivity contribution < 1.29 is 14.7 Å². The first-order chi connectivity index (χ1) is 13.6. The van der Waals surface area contributed by atoms with Crippen LogP contribution in [0.3, 0.4) is 0 Å². The molecule has 1 N–H and O–H groups in total. The summed E-state index contributed by atoms with van der Waals surface area (Å²) in [5.41, 5.74) is 3.74. The van der Waals surface area contributed by atoms with Crippen molar-refractivity contribution >= 4 is 34.7 Å². The molecule has 1 aliphatic rings. The molecule has 3 aromatic rings.